The Morgan fingerprint density at radius 2 is 0.982 bits per heavy atom. The monoisotopic (exact) mass is 700 g/mol. The molecular weight excluding hydrogens is 669 g/mol. The molecule has 0 unspecified atom stereocenters. The van der Waals surface area contributed by atoms with Crippen molar-refractivity contribution in [3.8, 4) is 16.8 Å². The van der Waals surface area contributed by atoms with Crippen LogP contribution in [0.3, 0.4) is 0 Å². The average Bonchev–Trinajstić information content (AvgIpc) is 3.79. The summed E-state index contributed by atoms with van der Waals surface area (Å²) < 4.78 is 8.74. The number of hydrogen-bond donors (Lipinski definition) is 0. The van der Waals surface area contributed by atoms with Gasteiger partial charge in [-0.05, 0) is 110 Å². The van der Waals surface area contributed by atoms with E-state index in [1.165, 1.54) is 70.9 Å². The van der Waals surface area contributed by atoms with Gasteiger partial charge in [0.1, 0.15) is 11.2 Å². The molecule has 3 heteroatoms. The topological polar surface area (TPSA) is 21.3 Å². The van der Waals surface area contributed by atoms with Crippen molar-refractivity contribution in [2.75, 3.05) is 4.90 Å². The first-order valence-electron chi connectivity index (χ1n) is 18.8. The van der Waals surface area contributed by atoms with Gasteiger partial charge in [-0.25, -0.2) is 0 Å². The summed E-state index contributed by atoms with van der Waals surface area (Å²) in [5.74, 6) is 0. The summed E-state index contributed by atoms with van der Waals surface area (Å²) in [5.41, 5.74) is 11.1. The largest absolute Gasteiger partial charge is 0.456 e. The molecule has 0 saturated heterocycles. The Labute approximate surface area is 316 Å². The van der Waals surface area contributed by atoms with Crippen LogP contribution in [-0.4, -0.2) is 4.57 Å². The first-order valence-corrected chi connectivity index (χ1v) is 18.8. The zero-order valence-electron chi connectivity index (χ0n) is 29.8. The lowest BCUT2D eigenvalue weighted by molar-refractivity contribution is 0.669. The predicted molar refractivity (Wildman–Crippen MR) is 232 cm³/mol. The van der Waals surface area contributed by atoms with Crippen LogP contribution in [0, 0.1) is 0 Å². The molecule has 2 heterocycles. The van der Waals surface area contributed by atoms with E-state index in [9.17, 15) is 0 Å². The highest BCUT2D eigenvalue weighted by molar-refractivity contribution is 6.34. The first kappa shape index (κ1) is 30.1. The van der Waals surface area contributed by atoms with Crippen LogP contribution in [-0.2, 0) is 0 Å². The summed E-state index contributed by atoms with van der Waals surface area (Å²) in [6, 6.07) is 70.2. The lowest BCUT2D eigenvalue weighted by atomic mass is 9.88. The van der Waals surface area contributed by atoms with Gasteiger partial charge in [-0.1, -0.05) is 121 Å². The minimum absolute atomic E-state index is 0.881. The maximum absolute atomic E-state index is 6.32. The molecule has 0 aliphatic heterocycles. The van der Waals surface area contributed by atoms with Crippen molar-refractivity contribution in [1.29, 1.82) is 0 Å². The fraction of sp³-hybridized carbons (Fsp3) is 0. The van der Waals surface area contributed by atoms with Crippen molar-refractivity contribution < 1.29 is 4.42 Å². The summed E-state index contributed by atoms with van der Waals surface area (Å²) in [6.07, 6.45) is 0. The number of fused-ring (bicyclic) bond motifs is 7. The van der Waals surface area contributed by atoms with E-state index in [4.69, 9.17) is 4.42 Å². The highest BCUT2D eigenvalue weighted by atomic mass is 16.3. The highest BCUT2D eigenvalue weighted by Gasteiger charge is 2.20. The van der Waals surface area contributed by atoms with Crippen molar-refractivity contribution in [2.24, 2.45) is 0 Å². The van der Waals surface area contributed by atoms with Gasteiger partial charge in [0.2, 0.25) is 0 Å². The zero-order valence-corrected chi connectivity index (χ0v) is 29.8. The van der Waals surface area contributed by atoms with E-state index in [1.54, 1.807) is 0 Å². The molecule has 0 fully saturated rings. The van der Waals surface area contributed by atoms with Crippen LogP contribution in [0.4, 0.5) is 17.1 Å². The van der Waals surface area contributed by atoms with Crippen LogP contribution in [0.25, 0.3) is 92.9 Å². The van der Waals surface area contributed by atoms with E-state index >= 15 is 0 Å². The van der Waals surface area contributed by atoms with Crippen molar-refractivity contribution >= 4 is 93.1 Å². The Morgan fingerprint density at radius 1 is 0.364 bits per heavy atom. The summed E-state index contributed by atoms with van der Waals surface area (Å²) in [4.78, 5) is 2.30. The average molecular weight is 701 g/mol. The van der Waals surface area contributed by atoms with Gasteiger partial charge in [-0.3, -0.25) is 0 Å². The van der Waals surface area contributed by atoms with Crippen LogP contribution in [0.5, 0.6) is 0 Å². The third kappa shape index (κ3) is 4.44. The minimum atomic E-state index is 0.881. The molecule has 0 amide bonds. The van der Waals surface area contributed by atoms with Crippen molar-refractivity contribution in [2.45, 2.75) is 0 Å². The number of nitrogens with zero attached hydrogens (tertiary/aromatic N) is 2. The van der Waals surface area contributed by atoms with E-state index in [2.05, 4.69) is 191 Å². The molecule has 2 aromatic heterocycles. The van der Waals surface area contributed by atoms with E-state index in [0.29, 0.717) is 0 Å². The second-order valence-electron chi connectivity index (χ2n) is 14.5. The Kier molecular flexibility index (Phi) is 6.34. The second kappa shape index (κ2) is 11.6. The fourth-order valence-corrected chi connectivity index (χ4v) is 9.11. The Hall–Kier alpha value is -7.36. The molecule has 3 nitrogen and oxygen atoms in total. The third-order valence-electron chi connectivity index (χ3n) is 11.5. The number of furan rings is 1. The highest BCUT2D eigenvalue weighted by Crippen LogP contribution is 2.46. The molecule has 0 N–H and O–H groups in total. The summed E-state index contributed by atoms with van der Waals surface area (Å²) in [7, 11) is 0. The summed E-state index contributed by atoms with van der Waals surface area (Å²) in [6.45, 7) is 0. The van der Waals surface area contributed by atoms with Crippen molar-refractivity contribution in [3.63, 3.8) is 0 Å². The molecule has 0 saturated carbocycles. The van der Waals surface area contributed by atoms with Crippen LogP contribution < -0.4 is 4.90 Å². The molecule has 55 heavy (non-hydrogen) atoms. The van der Waals surface area contributed by atoms with E-state index < -0.39 is 0 Å². The van der Waals surface area contributed by atoms with Gasteiger partial charge < -0.3 is 13.9 Å². The second-order valence-corrected chi connectivity index (χ2v) is 14.5. The minimum Gasteiger partial charge on any atom is -0.456 e. The normalized spacial score (nSPS) is 12.0. The van der Waals surface area contributed by atoms with E-state index in [1.807, 2.05) is 12.1 Å². The standard InChI is InChI=1S/C52H32N2O/c1-3-11-36(12-4-1)53(39-26-30-42-41-15-8-10-18-48(41)55-49(42)32-39)38-24-19-33(20-25-38)40-27-21-34-22-29-45-51-35(23-28-43(40)50(34)51)31-47-52(45)44-16-7-9-17-46(44)54(47)37-13-5-2-6-14-37/h1-32H. The SMILES string of the molecule is c1ccc(N(c2ccc(-c3ccc4ccc5c6c(ccc3c46)cc3c5c4ccccc4n3-c3ccccc3)cc2)c2ccc3c(c2)oc2ccccc23)cc1. The third-order valence-corrected chi connectivity index (χ3v) is 11.5. The number of benzene rings is 10. The quantitative estimate of drug-likeness (QED) is 0.167. The Balaban J connectivity index is 1.02. The molecule has 0 aliphatic carbocycles. The first-order chi connectivity index (χ1) is 27.3. The molecule has 256 valence electrons. The molecule has 0 atom stereocenters. The zero-order chi connectivity index (χ0) is 36.0. The Morgan fingerprint density at radius 3 is 1.84 bits per heavy atom. The lowest BCUT2D eigenvalue weighted by Gasteiger charge is -2.25. The van der Waals surface area contributed by atoms with Gasteiger partial charge >= 0.3 is 0 Å². The molecule has 0 radical (unpaired) electrons. The van der Waals surface area contributed by atoms with Crippen molar-refractivity contribution in [3.05, 3.63) is 194 Å². The summed E-state index contributed by atoms with van der Waals surface area (Å²) in [5, 5.41) is 12.6. The molecular formula is C52H32N2O. The number of hydrogen-bond acceptors (Lipinski definition) is 2. The number of rotatable bonds is 5. The van der Waals surface area contributed by atoms with E-state index in [-0.39, 0.29) is 0 Å². The van der Waals surface area contributed by atoms with E-state index in [0.717, 1.165) is 39.0 Å². The molecule has 0 spiro atoms. The molecule has 12 aromatic rings. The van der Waals surface area contributed by atoms with Gasteiger partial charge in [-0.2, -0.15) is 0 Å². The van der Waals surface area contributed by atoms with Crippen LogP contribution in [0.15, 0.2) is 199 Å². The van der Waals surface area contributed by atoms with Gasteiger partial charge in [0.15, 0.2) is 0 Å². The van der Waals surface area contributed by atoms with Crippen molar-refractivity contribution in [1.82, 2.24) is 4.57 Å². The smallest absolute Gasteiger partial charge is 0.137 e. The van der Waals surface area contributed by atoms with Crippen LogP contribution in [0.1, 0.15) is 0 Å². The number of para-hydroxylation sites is 4. The van der Waals surface area contributed by atoms with Gasteiger partial charge in [0, 0.05) is 50.4 Å². The maximum atomic E-state index is 6.32. The van der Waals surface area contributed by atoms with Gasteiger partial charge in [-0.15, -0.1) is 0 Å². The molecule has 0 bridgehead atoms. The molecule has 0 aliphatic rings. The Bertz CT molecular complexity index is 3410. The number of aromatic nitrogens is 1. The lowest BCUT2D eigenvalue weighted by Crippen LogP contribution is -2.09. The van der Waals surface area contributed by atoms with Crippen LogP contribution in [0.2, 0.25) is 0 Å². The summed E-state index contributed by atoms with van der Waals surface area (Å²) >= 11 is 0. The molecule has 10 aromatic carbocycles. The fourth-order valence-electron chi connectivity index (χ4n) is 9.11. The number of anilines is 3. The van der Waals surface area contributed by atoms with Gasteiger partial charge in [0.05, 0.1) is 11.0 Å². The van der Waals surface area contributed by atoms with Crippen LogP contribution >= 0.6 is 0 Å². The predicted octanol–water partition coefficient (Wildman–Crippen LogP) is 14.7. The van der Waals surface area contributed by atoms with Gasteiger partial charge in [0.25, 0.3) is 0 Å². The molecule has 12 rings (SSSR count). The maximum Gasteiger partial charge on any atom is 0.137 e.